The third kappa shape index (κ3) is 3.53. The van der Waals surface area contributed by atoms with Crippen molar-refractivity contribution in [2.45, 2.75) is 52.0 Å². The highest BCUT2D eigenvalue weighted by Crippen LogP contribution is 2.40. The van der Waals surface area contributed by atoms with Crippen molar-refractivity contribution in [3.8, 4) is 0 Å². The lowest BCUT2D eigenvalue weighted by molar-refractivity contribution is 0.258. The Morgan fingerprint density at radius 3 is 2.26 bits per heavy atom. The van der Waals surface area contributed by atoms with Gasteiger partial charge in [-0.1, -0.05) is 19.8 Å². The van der Waals surface area contributed by atoms with Crippen molar-refractivity contribution in [2.75, 3.05) is 6.54 Å². The minimum Gasteiger partial charge on any atom is -0.310 e. The molecule has 1 nitrogen and oxygen atoms in total. The number of halogens is 2. The van der Waals surface area contributed by atoms with Gasteiger partial charge in [0, 0.05) is 18.7 Å². The van der Waals surface area contributed by atoms with E-state index < -0.39 is 11.6 Å². The lowest BCUT2D eigenvalue weighted by Gasteiger charge is -2.29. The summed E-state index contributed by atoms with van der Waals surface area (Å²) in [7, 11) is 0. The quantitative estimate of drug-likeness (QED) is 0.823. The van der Waals surface area contributed by atoms with Crippen LogP contribution >= 0.6 is 0 Å². The van der Waals surface area contributed by atoms with Crippen molar-refractivity contribution >= 4 is 0 Å². The lowest BCUT2D eigenvalue weighted by atomic mass is 9.83. The van der Waals surface area contributed by atoms with E-state index in [1.54, 1.807) is 0 Å². The summed E-state index contributed by atoms with van der Waals surface area (Å²) < 4.78 is 26.4. The Labute approximate surface area is 114 Å². The molecule has 2 rings (SSSR count). The third-order valence-corrected chi connectivity index (χ3v) is 4.58. The van der Waals surface area contributed by atoms with Gasteiger partial charge in [0.1, 0.15) is 11.6 Å². The Morgan fingerprint density at radius 1 is 1.16 bits per heavy atom. The van der Waals surface area contributed by atoms with Gasteiger partial charge in [-0.05, 0) is 49.3 Å². The summed E-state index contributed by atoms with van der Waals surface area (Å²) in [6, 6.07) is 3.72. The monoisotopic (exact) mass is 267 g/mol. The predicted octanol–water partition coefficient (Wildman–Crippen LogP) is 4.59. The van der Waals surface area contributed by atoms with E-state index in [4.69, 9.17) is 0 Å². The average molecular weight is 267 g/mol. The van der Waals surface area contributed by atoms with Gasteiger partial charge < -0.3 is 5.32 Å². The smallest absolute Gasteiger partial charge is 0.126 e. The van der Waals surface area contributed by atoms with E-state index in [1.165, 1.54) is 44.2 Å². The van der Waals surface area contributed by atoms with Crippen molar-refractivity contribution in [3.63, 3.8) is 0 Å². The van der Waals surface area contributed by atoms with Gasteiger partial charge in [-0.2, -0.15) is 0 Å². The molecule has 1 N–H and O–H groups in total. The second kappa shape index (κ2) is 6.00. The maximum atomic E-state index is 13.2. The van der Waals surface area contributed by atoms with Crippen LogP contribution in [0.4, 0.5) is 8.78 Å². The Hall–Kier alpha value is -0.960. The van der Waals surface area contributed by atoms with Crippen LogP contribution in [-0.2, 0) is 0 Å². The summed E-state index contributed by atoms with van der Waals surface area (Å²) in [4.78, 5) is 0. The SMILES string of the molecule is CCC1(CNC(C)c2cc(F)cc(F)c2)CCCC1. The molecule has 1 aliphatic carbocycles. The predicted molar refractivity (Wildman–Crippen MR) is 74.0 cm³/mol. The Kier molecular flexibility index (Phi) is 4.56. The largest absolute Gasteiger partial charge is 0.310 e. The molecule has 1 saturated carbocycles. The molecule has 3 heteroatoms. The maximum Gasteiger partial charge on any atom is 0.126 e. The Bertz CT molecular complexity index is 405. The van der Waals surface area contributed by atoms with Crippen LogP contribution in [0.25, 0.3) is 0 Å². The molecule has 1 fully saturated rings. The summed E-state index contributed by atoms with van der Waals surface area (Å²) in [5, 5.41) is 3.45. The fraction of sp³-hybridized carbons (Fsp3) is 0.625. The van der Waals surface area contributed by atoms with Crippen molar-refractivity contribution in [1.82, 2.24) is 5.32 Å². The van der Waals surface area contributed by atoms with E-state index >= 15 is 0 Å². The van der Waals surface area contributed by atoms with Crippen molar-refractivity contribution in [2.24, 2.45) is 5.41 Å². The van der Waals surface area contributed by atoms with E-state index in [9.17, 15) is 8.78 Å². The zero-order chi connectivity index (χ0) is 13.9. The van der Waals surface area contributed by atoms with Crippen LogP contribution in [0.1, 0.15) is 57.6 Å². The molecular formula is C16H23F2N. The Balaban J connectivity index is 1.98. The minimum absolute atomic E-state index is 0.0192. The molecule has 1 atom stereocenters. The van der Waals surface area contributed by atoms with Gasteiger partial charge in [-0.3, -0.25) is 0 Å². The normalized spacial score (nSPS) is 19.6. The van der Waals surface area contributed by atoms with Crippen molar-refractivity contribution in [3.05, 3.63) is 35.4 Å². The molecule has 0 aromatic heterocycles. The van der Waals surface area contributed by atoms with Crippen LogP contribution in [0.2, 0.25) is 0 Å². The average Bonchev–Trinajstić information content (AvgIpc) is 2.84. The highest BCUT2D eigenvalue weighted by Gasteiger charge is 2.31. The number of hydrogen-bond acceptors (Lipinski definition) is 1. The van der Waals surface area contributed by atoms with Crippen LogP contribution in [0.3, 0.4) is 0 Å². The summed E-state index contributed by atoms with van der Waals surface area (Å²) >= 11 is 0. The van der Waals surface area contributed by atoms with Crippen molar-refractivity contribution in [1.29, 1.82) is 0 Å². The van der Waals surface area contributed by atoms with Crippen LogP contribution in [-0.4, -0.2) is 6.54 Å². The molecule has 19 heavy (non-hydrogen) atoms. The molecule has 0 saturated heterocycles. The molecule has 1 aromatic rings. The Morgan fingerprint density at radius 2 is 1.74 bits per heavy atom. The zero-order valence-electron chi connectivity index (χ0n) is 11.8. The first-order valence-corrected chi connectivity index (χ1v) is 7.24. The van der Waals surface area contributed by atoms with Crippen LogP contribution in [0.5, 0.6) is 0 Å². The first kappa shape index (κ1) is 14.4. The van der Waals surface area contributed by atoms with E-state index in [1.807, 2.05) is 6.92 Å². The van der Waals surface area contributed by atoms with Crippen LogP contribution in [0.15, 0.2) is 18.2 Å². The highest BCUT2D eigenvalue weighted by atomic mass is 19.1. The van der Waals surface area contributed by atoms with Gasteiger partial charge in [-0.15, -0.1) is 0 Å². The molecule has 1 unspecified atom stereocenters. The second-order valence-electron chi connectivity index (χ2n) is 5.87. The van der Waals surface area contributed by atoms with E-state index in [0.717, 1.165) is 12.6 Å². The molecule has 1 aliphatic rings. The highest BCUT2D eigenvalue weighted by molar-refractivity contribution is 5.20. The fourth-order valence-corrected chi connectivity index (χ4v) is 3.09. The fourth-order valence-electron chi connectivity index (χ4n) is 3.09. The van der Waals surface area contributed by atoms with Gasteiger partial charge in [0.05, 0.1) is 0 Å². The molecule has 0 spiro atoms. The number of hydrogen-bond donors (Lipinski definition) is 1. The van der Waals surface area contributed by atoms with Crippen molar-refractivity contribution < 1.29 is 8.78 Å². The maximum absolute atomic E-state index is 13.2. The van der Waals surface area contributed by atoms with Gasteiger partial charge in [0.25, 0.3) is 0 Å². The van der Waals surface area contributed by atoms with Gasteiger partial charge >= 0.3 is 0 Å². The molecule has 0 radical (unpaired) electrons. The van der Waals surface area contributed by atoms with Gasteiger partial charge in [0.2, 0.25) is 0 Å². The summed E-state index contributed by atoms with van der Waals surface area (Å²) in [5.41, 5.74) is 1.07. The molecule has 0 bridgehead atoms. The minimum atomic E-state index is -0.505. The molecule has 0 heterocycles. The third-order valence-electron chi connectivity index (χ3n) is 4.58. The molecule has 0 amide bonds. The van der Waals surface area contributed by atoms with Gasteiger partial charge in [-0.25, -0.2) is 8.78 Å². The zero-order valence-corrected chi connectivity index (χ0v) is 11.8. The first-order valence-electron chi connectivity index (χ1n) is 7.24. The van der Waals surface area contributed by atoms with E-state index in [2.05, 4.69) is 12.2 Å². The summed E-state index contributed by atoms with van der Waals surface area (Å²) in [5.74, 6) is -1.01. The molecule has 0 aliphatic heterocycles. The number of benzene rings is 1. The van der Waals surface area contributed by atoms with E-state index in [-0.39, 0.29) is 6.04 Å². The van der Waals surface area contributed by atoms with Crippen LogP contribution < -0.4 is 5.32 Å². The lowest BCUT2D eigenvalue weighted by Crippen LogP contribution is -2.33. The van der Waals surface area contributed by atoms with E-state index in [0.29, 0.717) is 11.0 Å². The molecular weight excluding hydrogens is 244 g/mol. The summed E-state index contributed by atoms with van der Waals surface area (Å²) in [6.45, 7) is 5.13. The summed E-state index contributed by atoms with van der Waals surface area (Å²) in [6.07, 6.45) is 6.31. The van der Waals surface area contributed by atoms with Crippen LogP contribution in [0, 0.1) is 17.0 Å². The topological polar surface area (TPSA) is 12.0 Å². The number of nitrogens with one attached hydrogen (secondary N) is 1. The van der Waals surface area contributed by atoms with Gasteiger partial charge in [0.15, 0.2) is 0 Å². The first-order chi connectivity index (χ1) is 9.04. The standard InChI is InChI=1S/C16H23F2N/c1-3-16(6-4-5-7-16)11-19-12(2)13-8-14(17)10-15(18)9-13/h8-10,12,19H,3-7,11H2,1-2H3. The molecule has 1 aromatic carbocycles. The molecule has 106 valence electrons. The number of rotatable bonds is 5. The second-order valence-corrected chi connectivity index (χ2v) is 5.87.